The van der Waals surface area contributed by atoms with Gasteiger partial charge in [0.2, 0.25) is 0 Å². The number of carboxylic acids is 1. The van der Waals surface area contributed by atoms with Gasteiger partial charge in [-0.3, -0.25) is 4.79 Å². The molecule has 2 aromatic carbocycles. The lowest BCUT2D eigenvalue weighted by atomic mass is 10.0. The van der Waals surface area contributed by atoms with E-state index in [0.717, 1.165) is 16.7 Å². The number of tetrazole rings is 1. The van der Waals surface area contributed by atoms with Crippen LogP contribution in [0.1, 0.15) is 33.1 Å². The van der Waals surface area contributed by atoms with Gasteiger partial charge in [-0.05, 0) is 42.8 Å². The standard InChI is InChI=1S/C18H20N6O2.C2HF3O2/c1-11-6-12(2)8-14(7-11)16(10-25)20-17(26)13-4-3-5-15(9-13)19-18-21-23-24-22-18;3-2(4,5)1(6)7/h3-9,16,25H,10H2,1-2H3,(H,20,26)(H2,19,21,22,23,24);(H,6,7). The molecule has 3 rings (SSSR count). The second kappa shape index (κ2) is 11.0. The monoisotopic (exact) mass is 466 g/mol. The molecule has 0 saturated carbocycles. The third-order valence-corrected chi connectivity index (χ3v) is 4.10. The number of carbonyl (C=O) groups is 2. The number of aliphatic hydroxyl groups is 1. The number of aromatic nitrogens is 4. The molecule has 1 unspecified atom stereocenters. The highest BCUT2D eigenvalue weighted by Crippen LogP contribution is 2.19. The molecule has 1 amide bonds. The van der Waals surface area contributed by atoms with Crippen LogP contribution in [0.3, 0.4) is 0 Å². The summed E-state index contributed by atoms with van der Waals surface area (Å²) in [4.78, 5) is 21.5. The van der Waals surface area contributed by atoms with Gasteiger partial charge >= 0.3 is 12.1 Å². The van der Waals surface area contributed by atoms with Crippen LogP contribution in [0.5, 0.6) is 0 Å². The molecule has 176 valence electrons. The number of carbonyl (C=O) groups excluding carboxylic acids is 1. The van der Waals surface area contributed by atoms with Crippen molar-refractivity contribution in [3.05, 3.63) is 64.7 Å². The molecule has 0 bridgehead atoms. The summed E-state index contributed by atoms with van der Waals surface area (Å²) in [6, 6.07) is 12.4. The number of nitrogens with one attached hydrogen (secondary N) is 3. The SMILES string of the molecule is Cc1cc(C)cc(C(CO)NC(=O)c2cccc(Nc3nn[nH]n3)c2)c1.O=C(O)C(F)(F)F. The van der Waals surface area contributed by atoms with Crippen LogP contribution in [0, 0.1) is 13.8 Å². The first kappa shape index (κ1) is 25.3. The van der Waals surface area contributed by atoms with Crippen LogP contribution in [0.2, 0.25) is 0 Å². The van der Waals surface area contributed by atoms with E-state index in [4.69, 9.17) is 9.90 Å². The highest BCUT2D eigenvalue weighted by atomic mass is 19.4. The maximum absolute atomic E-state index is 12.6. The first-order valence-electron chi connectivity index (χ1n) is 9.40. The summed E-state index contributed by atoms with van der Waals surface area (Å²) >= 11 is 0. The molecule has 13 heteroatoms. The summed E-state index contributed by atoms with van der Waals surface area (Å²) in [7, 11) is 0. The Labute approximate surface area is 185 Å². The van der Waals surface area contributed by atoms with Gasteiger partial charge in [-0.15, -0.1) is 5.10 Å². The van der Waals surface area contributed by atoms with Gasteiger partial charge in [-0.2, -0.15) is 18.4 Å². The normalized spacial score (nSPS) is 11.7. The topological polar surface area (TPSA) is 153 Å². The van der Waals surface area contributed by atoms with Crippen molar-refractivity contribution >= 4 is 23.5 Å². The zero-order chi connectivity index (χ0) is 24.6. The van der Waals surface area contributed by atoms with Crippen molar-refractivity contribution in [3.8, 4) is 0 Å². The Morgan fingerprint density at radius 1 is 1.12 bits per heavy atom. The van der Waals surface area contributed by atoms with E-state index >= 15 is 0 Å². The molecule has 0 saturated heterocycles. The molecule has 0 fully saturated rings. The zero-order valence-corrected chi connectivity index (χ0v) is 17.5. The predicted octanol–water partition coefficient (Wildman–Crippen LogP) is 2.66. The summed E-state index contributed by atoms with van der Waals surface area (Å²) < 4.78 is 31.7. The van der Waals surface area contributed by atoms with E-state index in [2.05, 4.69) is 31.3 Å². The fourth-order valence-electron chi connectivity index (χ4n) is 2.77. The zero-order valence-electron chi connectivity index (χ0n) is 17.5. The average Bonchev–Trinajstić information content (AvgIpc) is 3.24. The number of aromatic amines is 1. The number of nitrogens with zero attached hydrogens (tertiary/aromatic N) is 3. The number of halogens is 3. The summed E-state index contributed by atoms with van der Waals surface area (Å²) in [6.07, 6.45) is -5.08. The molecule has 0 aliphatic carbocycles. The molecule has 33 heavy (non-hydrogen) atoms. The number of amides is 1. The van der Waals surface area contributed by atoms with Crippen LogP contribution in [-0.4, -0.2) is 55.5 Å². The van der Waals surface area contributed by atoms with Crippen LogP contribution < -0.4 is 10.6 Å². The van der Waals surface area contributed by atoms with Gasteiger partial charge in [0.1, 0.15) is 0 Å². The van der Waals surface area contributed by atoms with E-state index in [1.807, 2.05) is 32.0 Å². The maximum atomic E-state index is 12.6. The van der Waals surface area contributed by atoms with Gasteiger partial charge in [0.15, 0.2) is 0 Å². The van der Waals surface area contributed by atoms with E-state index < -0.39 is 18.2 Å². The van der Waals surface area contributed by atoms with Crippen molar-refractivity contribution in [3.63, 3.8) is 0 Å². The largest absolute Gasteiger partial charge is 0.490 e. The Morgan fingerprint density at radius 2 is 1.76 bits per heavy atom. The molecule has 1 heterocycles. The Balaban J connectivity index is 0.000000479. The molecule has 0 radical (unpaired) electrons. The molecule has 0 aliphatic heterocycles. The summed E-state index contributed by atoms with van der Waals surface area (Å²) in [5, 5.41) is 36.1. The first-order chi connectivity index (χ1) is 15.5. The van der Waals surface area contributed by atoms with E-state index in [9.17, 15) is 23.1 Å². The highest BCUT2D eigenvalue weighted by molar-refractivity contribution is 5.95. The number of alkyl halides is 3. The number of aliphatic carboxylic acids is 1. The number of benzene rings is 2. The Kier molecular flexibility index (Phi) is 8.45. The first-order valence-corrected chi connectivity index (χ1v) is 9.40. The third kappa shape index (κ3) is 7.88. The van der Waals surface area contributed by atoms with Crippen molar-refractivity contribution in [2.24, 2.45) is 0 Å². The summed E-state index contributed by atoms with van der Waals surface area (Å²) in [5.41, 5.74) is 4.16. The molecular weight excluding hydrogens is 445 g/mol. The predicted molar refractivity (Wildman–Crippen MR) is 111 cm³/mol. The van der Waals surface area contributed by atoms with Gasteiger partial charge < -0.3 is 20.8 Å². The lowest BCUT2D eigenvalue weighted by Crippen LogP contribution is -2.30. The minimum Gasteiger partial charge on any atom is -0.475 e. The van der Waals surface area contributed by atoms with Crippen molar-refractivity contribution in [1.29, 1.82) is 0 Å². The van der Waals surface area contributed by atoms with Gasteiger partial charge in [-0.1, -0.05) is 40.5 Å². The number of H-pyrrole nitrogens is 1. The highest BCUT2D eigenvalue weighted by Gasteiger charge is 2.38. The molecule has 0 spiro atoms. The Bertz CT molecular complexity index is 1070. The lowest BCUT2D eigenvalue weighted by molar-refractivity contribution is -0.192. The third-order valence-electron chi connectivity index (χ3n) is 4.10. The van der Waals surface area contributed by atoms with Crippen molar-refractivity contribution in [2.75, 3.05) is 11.9 Å². The van der Waals surface area contributed by atoms with Crippen LogP contribution in [0.15, 0.2) is 42.5 Å². The molecule has 0 aliphatic rings. The van der Waals surface area contributed by atoms with E-state index in [1.165, 1.54) is 0 Å². The molecule has 10 nitrogen and oxygen atoms in total. The second-order valence-corrected chi connectivity index (χ2v) is 6.87. The maximum Gasteiger partial charge on any atom is 0.490 e. The van der Waals surface area contributed by atoms with Gasteiger partial charge in [-0.25, -0.2) is 4.79 Å². The van der Waals surface area contributed by atoms with E-state index in [-0.39, 0.29) is 12.5 Å². The number of carboxylic acid groups (broad SMARTS) is 1. The van der Waals surface area contributed by atoms with Crippen LogP contribution in [-0.2, 0) is 4.79 Å². The van der Waals surface area contributed by atoms with Gasteiger partial charge in [0.25, 0.3) is 11.9 Å². The number of hydrogen-bond donors (Lipinski definition) is 5. The van der Waals surface area contributed by atoms with E-state index in [1.54, 1.807) is 24.3 Å². The Hall–Kier alpha value is -4.00. The number of hydrogen-bond acceptors (Lipinski definition) is 7. The van der Waals surface area contributed by atoms with Crippen LogP contribution in [0.4, 0.5) is 24.8 Å². The molecular formula is C20H21F3N6O4. The van der Waals surface area contributed by atoms with Crippen LogP contribution >= 0.6 is 0 Å². The molecule has 5 N–H and O–H groups in total. The fourth-order valence-corrected chi connectivity index (χ4v) is 2.77. The smallest absolute Gasteiger partial charge is 0.475 e. The number of aliphatic hydroxyl groups excluding tert-OH is 1. The minimum absolute atomic E-state index is 0.185. The van der Waals surface area contributed by atoms with Crippen LogP contribution in [0.25, 0.3) is 0 Å². The van der Waals surface area contributed by atoms with Gasteiger partial charge in [0, 0.05) is 11.3 Å². The Morgan fingerprint density at radius 3 is 2.27 bits per heavy atom. The van der Waals surface area contributed by atoms with Crippen molar-refractivity contribution < 1.29 is 33.0 Å². The average molecular weight is 466 g/mol. The summed E-state index contributed by atoms with van der Waals surface area (Å²) in [5.74, 6) is -2.72. The van der Waals surface area contributed by atoms with E-state index in [0.29, 0.717) is 17.2 Å². The second-order valence-electron chi connectivity index (χ2n) is 6.87. The number of rotatable bonds is 6. The van der Waals surface area contributed by atoms with Crippen molar-refractivity contribution in [2.45, 2.75) is 26.1 Å². The van der Waals surface area contributed by atoms with Gasteiger partial charge in [0.05, 0.1) is 12.6 Å². The molecule has 1 aromatic heterocycles. The minimum atomic E-state index is -5.08. The number of aryl methyl sites for hydroxylation is 2. The number of anilines is 2. The fraction of sp³-hybridized carbons (Fsp3) is 0.250. The lowest BCUT2D eigenvalue weighted by Gasteiger charge is -2.18. The molecule has 1 atom stereocenters. The van der Waals surface area contributed by atoms with Crippen molar-refractivity contribution in [1.82, 2.24) is 25.9 Å². The molecule has 3 aromatic rings. The quantitative estimate of drug-likeness (QED) is 0.372. The summed E-state index contributed by atoms with van der Waals surface area (Å²) in [6.45, 7) is 3.79.